The highest BCUT2D eigenvalue weighted by atomic mass is 79.9. The van der Waals surface area contributed by atoms with Gasteiger partial charge in [-0.2, -0.15) is 0 Å². The van der Waals surface area contributed by atoms with Crippen LogP contribution in [0.15, 0.2) is 46.9 Å². The molecule has 0 saturated heterocycles. The van der Waals surface area contributed by atoms with Gasteiger partial charge in [0.1, 0.15) is 17.1 Å². The van der Waals surface area contributed by atoms with Crippen LogP contribution in [0, 0.1) is 0 Å². The van der Waals surface area contributed by atoms with E-state index in [0.29, 0.717) is 29.2 Å². The van der Waals surface area contributed by atoms with Gasteiger partial charge in [-0.05, 0) is 55.8 Å². The van der Waals surface area contributed by atoms with E-state index in [2.05, 4.69) is 15.9 Å². The summed E-state index contributed by atoms with van der Waals surface area (Å²) in [7, 11) is 0. The third kappa shape index (κ3) is 4.66. The van der Waals surface area contributed by atoms with Gasteiger partial charge in [-0.15, -0.1) is 0 Å². The predicted octanol–water partition coefficient (Wildman–Crippen LogP) is 4.66. The Bertz CT molecular complexity index is 707. The number of benzene rings is 2. The molecule has 0 unspecified atom stereocenters. The van der Waals surface area contributed by atoms with E-state index in [4.69, 9.17) is 9.47 Å². The minimum absolute atomic E-state index is 0.0369. The Kier molecular flexibility index (Phi) is 5.93. The van der Waals surface area contributed by atoms with E-state index in [1.807, 2.05) is 13.0 Å². The number of carbonyl (C=O) groups is 2. The monoisotopic (exact) mass is 376 g/mol. The minimum atomic E-state index is -0.507. The van der Waals surface area contributed by atoms with E-state index >= 15 is 0 Å². The molecule has 0 radical (unpaired) electrons. The zero-order valence-electron chi connectivity index (χ0n) is 13.0. The molecule has 0 bridgehead atoms. The van der Waals surface area contributed by atoms with Crippen LogP contribution in [-0.2, 0) is 0 Å². The van der Waals surface area contributed by atoms with Gasteiger partial charge in [0, 0.05) is 10.0 Å². The SMILES string of the molecule is CCCOc1ccc(Br)cc1C(=O)Oc1ccc(C(C)=O)cc1. The van der Waals surface area contributed by atoms with E-state index in [1.54, 1.807) is 36.4 Å². The second-order valence-electron chi connectivity index (χ2n) is 4.96. The lowest BCUT2D eigenvalue weighted by atomic mass is 10.1. The second-order valence-corrected chi connectivity index (χ2v) is 5.87. The summed E-state index contributed by atoms with van der Waals surface area (Å²) >= 11 is 3.34. The van der Waals surface area contributed by atoms with E-state index in [1.165, 1.54) is 6.92 Å². The van der Waals surface area contributed by atoms with E-state index in [0.717, 1.165) is 10.9 Å². The molecule has 0 fully saturated rings. The minimum Gasteiger partial charge on any atom is -0.493 e. The first-order chi connectivity index (χ1) is 11.0. The first kappa shape index (κ1) is 17.2. The molecule has 2 aromatic carbocycles. The largest absolute Gasteiger partial charge is 0.493 e. The van der Waals surface area contributed by atoms with Crippen molar-refractivity contribution >= 4 is 27.7 Å². The maximum absolute atomic E-state index is 12.4. The third-order valence-electron chi connectivity index (χ3n) is 3.09. The third-order valence-corrected chi connectivity index (χ3v) is 3.59. The van der Waals surface area contributed by atoms with E-state index in [9.17, 15) is 9.59 Å². The van der Waals surface area contributed by atoms with E-state index < -0.39 is 5.97 Å². The van der Waals surface area contributed by atoms with Crippen LogP contribution in [0.1, 0.15) is 41.0 Å². The van der Waals surface area contributed by atoms with Crippen LogP contribution >= 0.6 is 15.9 Å². The number of halogens is 1. The van der Waals surface area contributed by atoms with Crippen LogP contribution in [0.25, 0.3) is 0 Å². The fourth-order valence-corrected chi connectivity index (χ4v) is 2.28. The number of hydrogen-bond donors (Lipinski definition) is 0. The molecule has 0 saturated carbocycles. The van der Waals surface area contributed by atoms with Gasteiger partial charge >= 0.3 is 5.97 Å². The van der Waals surface area contributed by atoms with E-state index in [-0.39, 0.29) is 5.78 Å². The Balaban J connectivity index is 2.19. The number of rotatable bonds is 6. The lowest BCUT2D eigenvalue weighted by Crippen LogP contribution is -2.11. The fraction of sp³-hybridized carbons (Fsp3) is 0.222. The van der Waals surface area contributed by atoms with Crippen molar-refractivity contribution in [1.29, 1.82) is 0 Å². The summed E-state index contributed by atoms with van der Waals surface area (Å²) < 4.78 is 11.7. The summed E-state index contributed by atoms with van der Waals surface area (Å²) in [6.45, 7) is 4.00. The van der Waals surface area contributed by atoms with Gasteiger partial charge in [-0.25, -0.2) is 4.79 Å². The Morgan fingerprint density at radius 2 is 1.78 bits per heavy atom. The van der Waals surface area contributed by atoms with Crippen LogP contribution in [0.5, 0.6) is 11.5 Å². The Hall–Kier alpha value is -2.14. The number of Topliss-reactive ketones (excluding diaryl/α,β-unsaturated/α-hetero) is 1. The van der Waals surface area contributed by atoms with Gasteiger partial charge in [-0.1, -0.05) is 22.9 Å². The summed E-state index contributed by atoms with van der Waals surface area (Å²) in [5.41, 5.74) is 0.919. The number of esters is 1. The number of hydrogen-bond acceptors (Lipinski definition) is 4. The van der Waals surface area contributed by atoms with Crippen molar-refractivity contribution in [2.24, 2.45) is 0 Å². The highest BCUT2D eigenvalue weighted by Crippen LogP contribution is 2.25. The summed E-state index contributed by atoms with van der Waals surface area (Å²) in [5.74, 6) is 0.319. The van der Waals surface area contributed by atoms with Crippen molar-refractivity contribution in [3.05, 3.63) is 58.1 Å². The molecule has 2 aromatic rings. The normalized spacial score (nSPS) is 10.2. The first-order valence-electron chi connectivity index (χ1n) is 7.26. The molecule has 0 amide bonds. The first-order valence-corrected chi connectivity index (χ1v) is 8.06. The predicted molar refractivity (Wildman–Crippen MR) is 91.3 cm³/mol. The second kappa shape index (κ2) is 7.92. The standard InChI is InChI=1S/C18H17BrO4/c1-3-10-22-17-9-6-14(19)11-16(17)18(21)23-15-7-4-13(5-8-15)12(2)20/h4-9,11H,3,10H2,1-2H3. The van der Waals surface area contributed by atoms with Crippen LogP contribution in [-0.4, -0.2) is 18.4 Å². The van der Waals surface area contributed by atoms with Crippen molar-refractivity contribution in [1.82, 2.24) is 0 Å². The molecule has 2 rings (SSSR count). The molecular formula is C18H17BrO4. The molecule has 0 N–H and O–H groups in total. The Labute approximate surface area is 143 Å². The Morgan fingerprint density at radius 1 is 1.09 bits per heavy atom. The van der Waals surface area contributed by atoms with Gasteiger partial charge in [0.25, 0.3) is 0 Å². The van der Waals surface area contributed by atoms with Gasteiger partial charge in [-0.3, -0.25) is 4.79 Å². The van der Waals surface area contributed by atoms with Crippen molar-refractivity contribution < 1.29 is 19.1 Å². The lowest BCUT2D eigenvalue weighted by molar-refractivity contribution is 0.0730. The maximum atomic E-state index is 12.4. The summed E-state index contributed by atoms with van der Waals surface area (Å²) in [6.07, 6.45) is 0.844. The molecule has 0 aliphatic heterocycles. The topological polar surface area (TPSA) is 52.6 Å². The van der Waals surface area contributed by atoms with Gasteiger partial charge in [0.15, 0.2) is 5.78 Å². The Morgan fingerprint density at radius 3 is 2.39 bits per heavy atom. The molecule has 0 atom stereocenters. The highest BCUT2D eigenvalue weighted by Gasteiger charge is 2.16. The zero-order chi connectivity index (χ0) is 16.8. The number of ether oxygens (including phenoxy) is 2. The zero-order valence-corrected chi connectivity index (χ0v) is 14.6. The molecule has 0 aliphatic rings. The van der Waals surface area contributed by atoms with Crippen molar-refractivity contribution in [2.45, 2.75) is 20.3 Å². The molecule has 0 aliphatic carbocycles. The molecule has 4 nitrogen and oxygen atoms in total. The molecule has 5 heteroatoms. The van der Waals surface area contributed by atoms with Crippen LogP contribution in [0.2, 0.25) is 0 Å². The number of carbonyl (C=O) groups excluding carboxylic acids is 2. The quantitative estimate of drug-likeness (QED) is 0.417. The van der Waals surface area contributed by atoms with Crippen molar-refractivity contribution in [3.63, 3.8) is 0 Å². The van der Waals surface area contributed by atoms with Crippen LogP contribution < -0.4 is 9.47 Å². The fourth-order valence-electron chi connectivity index (χ4n) is 1.92. The van der Waals surface area contributed by atoms with Crippen molar-refractivity contribution in [3.8, 4) is 11.5 Å². The summed E-state index contributed by atoms with van der Waals surface area (Å²) in [6, 6.07) is 11.6. The average molecular weight is 377 g/mol. The summed E-state index contributed by atoms with van der Waals surface area (Å²) in [4.78, 5) is 23.6. The molecular weight excluding hydrogens is 360 g/mol. The summed E-state index contributed by atoms with van der Waals surface area (Å²) in [5, 5.41) is 0. The van der Waals surface area contributed by atoms with Gasteiger partial charge in [0.2, 0.25) is 0 Å². The van der Waals surface area contributed by atoms with Crippen LogP contribution in [0.3, 0.4) is 0 Å². The maximum Gasteiger partial charge on any atom is 0.347 e. The molecule has 23 heavy (non-hydrogen) atoms. The van der Waals surface area contributed by atoms with Gasteiger partial charge in [0.05, 0.1) is 6.61 Å². The molecule has 0 spiro atoms. The van der Waals surface area contributed by atoms with Crippen LogP contribution in [0.4, 0.5) is 0 Å². The highest BCUT2D eigenvalue weighted by molar-refractivity contribution is 9.10. The van der Waals surface area contributed by atoms with Crippen molar-refractivity contribution in [2.75, 3.05) is 6.61 Å². The number of ketones is 1. The molecule has 120 valence electrons. The molecule has 0 aromatic heterocycles. The van der Waals surface area contributed by atoms with Gasteiger partial charge < -0.3 is 9.47 Å². The lowest BCUT2D eigenvalue weighted by Gasteiger charge is -2.11. The molecule has 0 heterocycles. The average Bonchev–Trinajstić information content (AvgIpc) is 2.54. The smallest absolute Gasteiger partial charge is 0.347 e.